The number of nitrogens with two attached hydrogens (primary N) is 1. The van der Waals surface area contributed by atoms with Gasteiger partial charge < -0.3 is 15.1 Å². The molecule has 1 heterocycles. The van der Waals surface area contributed by atoms with Gasteiger partial charge in [-0.15, -0.1) is 0 Å². The van der Waals surface area contributed by atoms with Gasteiger partial charge in [-0.1, -0.05) is 54.5 Å². The molecule has 20 heavy (non-hydrogen) atoms. The van der Waals surface area contributed by atoms with Crippen LogP contribution in [0.1, 0.15) is 26.0 Å². The lowest BCUT2D eigenvalue weighted by Gasteiger charge is -2.02. The van der Waals surface area contributed by atoms with Gasteiger partial charge in [0, 0.05) is 18.1 Å². The van der Waals surface area contributed by atoms with Crippen LogP contribution in [0.3, 0.4) is 0 Å². The Hall–Kier alpha value is -2.30. The van der Waals surface area contributed by atoms with Crippen molar-refractivity contribution in [3.8, 4) is 11.3 Å². The van der Waals surface area contributed by atoms with E-state index in [0.29, 0.717) is 29.6 Å². The number of oxime groups is 1. The fraction of sp³-hybridized carbons (Fsp3) is 0.333. The van der Waals surface area contributed by atoms with E-state index in [9.17, 15) is 0 Å². The predicted molar refractivity (Wildman–Crippen MR) is 77.8 cm³/mol. The van der Waals surface area contributed by atoms with Gasteiger partial charge in [-0.2, -0.15) is 0 Å². The van der Waals surface area contributed by atoms with Gasteiger partial charge in [0.25, 0.3) is 0 Å². The highest BCUT2D eigenvalue weighted by Gasteiger charge is 2.06. The van der Waals surface area contributed by atoms with E-state index in [-0.39, 0.29) is 6.61 Å². The number of benzene rings is 1. The molecule has 0 aliphatic heterocycles. The van der Waals surface area contributed by atoms with Gasteiger partial charge in [0.15, 0.2) is 12.4 Å². The fourth-order valence-corrected chi connectivity index (χ4v) is 1.76. The van der Waals surface area contributed by atoms with Crippen molar-refractivity contribution in [1.29, 1.82) is 0 Å². The van der Waals surface area contributed by atoms with Gasteiger partial charge in [-0.05, 0) is 5.92 Å². The standard InChI is InChI=1S/C15H19N3O2/c1-11(2)8-15(16)18-19-10-13-9-14(20-17-13)12-6-4-3-5-7-12/h3-7,9,11H,8,10H2,1-2H3,(H2,16,18). The lowest BCUT2D eigenvalue weighted by atomic mass is 10.1. The minimum Gasteiger partial charge on any atom is -0.388 e. The van der Waals surface area contributed by atoms with Crippen LogP contribution >= 0.6 is 0 Å². The van der Waals surface area contributed by atoms with E-state index in [1.54, 1.807) is 0 Å². The summed E-state index contributed by atoms with van der Waals surface area (Å²) >= 11 is 0. The molecule has 0 radical (unpaired) electrons. The molecule has 0 atom stereocenters. The summed E-state index contributed by atoms with van der Waals surface area (Å²) in [7, 11) is 0. The molecule has 2 aromatic rings. The Kier molecular flexibility index (Phi) is 4.76. The Morgan fingerprint density at radius 1 is 1.35 bits per heavy atom. The largest absolute Gasteiger partial charge is 0.388 e. The van der Waals surface area contributed by atoms with Crippen LogP contribution < -0.4 is 5.73 Å². The molecule has 0 unspecified atom stereocenters. The molecule has 0 fully saturated rings. The second kappa shape index (κ2) is 6.75. The van der Waals surface area contributed by atoms with Crippen molar-refractivity contribution in [2.75, 3.05) is 0 Å². The number of nitrogens with zero attached hydrogens (tertiary/aromatic N) is 2. The molecule has 1 aromatic carbocycles. The second-order valence-electron chi connectivity index (χ2n) is 5.00. The molecule has 106 valence electrons. The zero-order valence-electron chi connectivity index (χ0n) is 11.7. The first kappa shape index (κ1) is 14.1. The van der Waals surface area contributed by atoms with Crippen molar-refractivity contribution in [3.63, 3.8) is 0 Å². The minimum atomic E-state index is 0.245. The van der Waals surface area contributed by atoms with Crippen LogP contribution in [0.4, 0.5) is 0 Å². The Balaban J connectivity index is 1.91. The molecule has 0 saturated heterocycles. The molecule has 0 spiro atoms. The van der Waals surface area contributed by atoms with E-state index in [2.05, 4.69) is 24.2 Å². The van der Waals surface area contributed by atoms with E-state index >= 15 is 0 Å². The first-order valence-corrected chi connectivity index (χ1v) is 6.60. The molecule has 2 N–H and O–H groups in total. The lowest BCUT2D eigenvalue weighted by Crippen LogP contribution is -2.14. The zero-order valence-corrected chi connectivity index (χ0v) is 11.7. The van der Waals surface area contributed by atoms with Crippen LogP contribution in [0.2, 0.25) is 0 Å². The van der Waals surface area contributed by atoms with Crippen molar-refractivity contribution in [2.45, 2.75) is 26.9 Å². The quantitative estimate of drug-likeness (QED) is 0.498. The van der Waals surface area contributed by atoms with Crippen molar-refractivity contribution in [2.24, 2.45) is 16.8 Å². The van der Waals surface area contributed by atoms with Crippen LogP contribution in [0.15, 0.2) is 46.1 Å². The summed E-state index contributed by atoms with van der Waals surface area (Å²) in [4.78, 5) is 5.17. The molecule has 0 saturated carbocycles. The van der Waals surface area contributed by atoms with Crippen molar-refractivity contribution >= 4 is 5.84 Å². The summed E-state index contributed by atoms with van der Waals surface area (Å²) in [6.07, 6.45) is 0.716. The molecule has 5 nitrogen and oxygen atoms in total. The average Bonchev–Trinajstić information content (AvgIpc) is 2.88. The number of hydrogen-bond donors (Lipinski definition) is 1. The normalized spacial score (nSPS) is 11.8. The number of hydrogen-bond acceptors (Lipinski definition) is 4. The van der Waals surface area contributed by atoms with Crippen molar-refractivity contribution in [1.82, 2.24) is 5.16 Å². The fourth-order valence-electron chi connectivity index (χ4n) is 1.76. The molecule has 0 aliphatic rings. The summed E-state index contributed by atoms with van der Waals surface area (Å²) in [6.45, 7) is 4.40. The third kappa shape index (κ3) is 4.12. The molecule has 1 aromatic heterocycles. The van der Waals surface area contributed by atoms with E-state index < -0.39 is 0 Å². The highest BCUT2D eigenvalue weighted by atomic mass is 16.6. The monoisotopic (exact) mass is 273 g/mol. The maximum atomic E-state index is 5.72. The average molecular weight is 273 g/mol. The second-order valence-corrected chi connectivity index (χ2v) is 5.00. The Morgan fingerprint density at radius 2 is 2.10 bits per heavy atom. The van der Waals surface area contributed by atoms with Gasteiger partial charge in [0.2, 0.25) is 0 Å². The lowest BCUT2D eigenvalue weighted by molar-refractivity contribution is 0.124. The first-order chi connectivity index (χ1) is 9.65. The third-order valence-electron chi connectivity index (χ3n) is 2.63. The zero-order chi connectivity index (χ0) is 14.4. The van der Waals surface area contributed by atoms with Crippen LogP contribution in [-0.4, -0.2) is 11.0 Å². The van der Waals surface area contributed by atoms with Gasteiger partial charge in [-0.25, -0.2) is 0 Å². The summed E-state index contributed by atoms with van der Waals surface area (Å²) in [5, 5.41) is 7.79. The van der Waals surface area contributed by atoms with Crippen molar-refractivity contribution in [3.05, 3.63) is 42.1 Å². The minimum absolute atomic E-state index is 0.245. The predicted octanol–water partition coefficient (Wildman–Crippen LogP) is 3.18. The summed E-state index contributed by atoms with van der Waals surface area (Å²) < 4.78 is 5.26. The van der Waals surface area contributed by atoms with Crippen LogP contribution in [0.25, 0.3) is 11.3 Å². The SMILES string of the molecule is CC(C)CC(N)=NOCc1cc(-c2ccccc2)on1. The summed E-state index contributed by atoms with van der Waals surface area (Å²) in [5.41, 5.74) is 7.38. The maximum Gasteiger partial charge on any atom is 0.167 e. The van der Waals surface area contributed by atoms with E-state index in [1.807, 2.05) is 36.4 Å². The smallest absolute Gasteiger partial charge is 0.167 e. The van der Waals surface area contributed by atoms with E-state index in [4.69, 9.17) is 15.1 Å². The molecule has 5 heteroatoms. The van der Waals surface area contributed by atoms with Crippen molar-refractivity contribution < 1.29 is 9.36 Å². The highest BCUT2D eigenvalue weighted by Crippen LogP contribution is 2.19. The Morgan fingerprint density at radius 3 is 2.80 bits per heavy atom. The first-order valence-electron chi connectivity index (χ1n) is 6.60. The molecule has 0 amide bonds. The van der Waals surface area contributed by atoms with Crippen LogP contribution in [-0.2, 0) is 11.4 Å². The number of aromatic nitrogens is 1. The third-order valence-corrected chi connectivity index (χ3v) is 2.63. The van der Waals surface area contributed by atoms with Crippen LogP contribution in [0.5, 0.6) is 0 Å². The molecular formula is C15H19N3O2. The molecular weight excluding hydrogens is 254 g/mol. The van der Waals surface area contributed by atoms with E-state index in [1.165, 1.54) is 0 Å². The summed E-state index contributed by atoms with van der Waals surface area (Å²) in [5.74, 6) is 1.66. The molecule has 2 rings (SSSR count). The molecule has 0 aliphatic carbocycles. The topological polar surface area (TPSA) is 73.6 Å². The van der Waals surface area contributed by atoms with Crippen LogP contribution in [0, 0.1) is 5.92 Å². The highest BCUT2D eigenvalue weighted by molar-refractivity contribution is 5.79. The Labute approximate surface area is 118 Å². The summed E-state index contributed by atoms with van der Waals surface area (Å²) in [6, 6.07) is 11.6. The Bertz CT molecular complexity index is 562. The van der Waals surface area contributed by atoms with E-state index in [0.717, 1.165) is 5.56 Å². The van der Waals surface area contributed by atoms with Gasteiger partial charge in [0.1, 0.15) is 11.5 Å². The van der Waals surface area contributed by atoms with Gasteiger partial charge >= 0.3 is 0 Å². The molecule has 0 bridgehead atoms. The van der Waals surface area contributed by atoms with Gasteiger partial charge in [-0.3, -0.25) is 0 Å². The number of amidine groups is 1. The number of rotatable bonds is 6. The maximum absolute atomic E-state index is 5.72. The van der Waals surface area contributed by atoms with Gasteiger partial charge in [0.05, 0.1) is 0 Å².